The van der Waals surface area contributed by atoms with E-state index in [1.807, 2.05) is 29.2 Å². The van der Waals surface area contributed by atoms with Crippen LogP contribution in [0.25, 0.3) is 5.78 Å². The summed E-state index contributed by atoms with van der Waals surface area (Å²) in [7, 11) is 0. The summed E-state index contributed by atoms with van der Waals surface area (Å²) in [4.78, 5) is 23.2. The zero-order valence-corrected chi connectivity index (χ0v) is 15.5. The summed E-state index contributed by atoms with van der Waals surface area (Å²) in [5, 5.41) is 8.32. The quantitative estimate of drug-likeness (QED) is 0.736. The number of amides is 1. The predicted molar refractivity (Wildman–Crippen MR) is 101 cm³/mol. The zero-order chi connectivity index (χ0) is 17.2. The Balaban J connectivity index is 0.00000196. The highest BCUT2D eigenvalue weighted by Gasteiger charge is 2.29. The minimum absolute atomic E-state index is 0. The molecule has 1 saturated heterocycles. The highest BCUT2D eigenvalue weighted by Crippen LogP contribution is 2.28. The smallest absolute Gasteiger partial charge is 0.252 e. The number of carbonyl (C=O) groups excluding carboxylic acids is 1. The van der Waals surface area contributed by atoms with Crippen LogP contribution in [-0.4, -0.2) is 50.0 Å². The number of benzene rings is 1. The van der Waals surface area contributed by atoms with Crippen molar-refractivity contribution in [3.05, 3.63) is 59.1 Å². The number of halogens is 2. The molecule has 4 rings (SSSR count). The van der Waals surface area contributed by atoms with Crippen LogP contribution in [0.4, 0.5) is 0 Å². The molecule has 1 aliphatic heterocycles. The van der Waals surface area contributed by atoms with Crippen molar-refractivity contribution >= 4 is 35.7 Å². The van der Waals surface area contributed by atoms with Gasteiger partial charge in [-0.1, -0.05) is 29.8 Å². The fraction of sp³-hybridized carbons (Fsp3) is 0.294. The average molecular weight is 393 g/mol. The molecule has 0 radical (unpaired) electrons. The number of nitrogens with zero attached hydrogens (tertiary/aromatic N) is 5. The maximum absolute atomic E-state index is 12.9. The molecule has 1 unspecified atom stereocenters. The van der Waals surface area contributed by atoms with Crippen LogP contribution >= 0.6 is 24.0 Å². The van der Waals surface area contributed by atoms with Gasteiger partial charge in [0.25, 0.3) is 5.78 Å². The number of nitrogens with one attached hydrogen (secondary N) is 1. The van der Waals surface area contributed by atoms with E-state index in [9.17, 15) is 4.79 Å². The van der Waals surface area contributed by atoms with Crippen molar-refractivity contribution in [1.29, 1.82) is 0 Å². The predicted octanol–water partition coefficient (Wildman–Crippen LogP) is 1.92. The van der Waals surface area contributed by atoms with Gasteiger partial charge in [-0.25, -0.2) is 9.50 Å². The summed E-state index contributed by atoms with van der Waals surface area (Å²) in [5.74, 6) is 0.954. The van der Waals surface area contributed by atoms with Crippen LogP contribution in [0.3, 0.4) is 0 Å². The number of hydrogen-bond acceptors (Lipinski definition) is 5. The van der Waals surface area contributed by atoms with Crippen molar-refractivity contribution in [2.24, 2.45) is 0 Å². The molecular weight excluding hydrogens is 375 g/mol. The maximum atomic E-state index is 12.9. The third kappa shape index (κ3) is 3.65. The highest BCUT2D eigenvalue weighted by atomic mass is 35.5. The molecule has 26 heavy (non-hydrogen) atoms. The van der Waals surface area contributed by atoms with E-state index >= 15 is 0 Å². The number of rotatable bonds is 3. The van der Waals surface area contributed by atoms with E-state index in [1.165, 1.54) is 0 Å². The van der Waals surface area contributed by atoms with Crippen molar-refractivity contribution in [2.75, 3.05) is 19.6 Å². The second kappa shape index (κ2) is 7.99. The summed E-state index contributed by atoms with van der Waals surface area (Å²) in [6.07, 6.45) is 3.56. The van der Waals surface area contributed by atoms with E-state index in [4.69, 9.17) is 11.6 Å². The Hall–Kier alpha value is -2.22. The molecule has 1 N–H and O–H groups in total. The van der Waals surface area contributed by atoms with Crippen molar-refractivity contribution < 1.29 is 4.79 Å². The molecule has 9 heteroatoms. The molecule has 2 aromatic heterocycles. The van der Waals surface area contributed by atoms with E-state index in [0.717, 1.165) is 12.1 Å². The van der Waals surface area contributed by atoms with Crippen LogP contribution in [0.15, 0.2) is 42.7 Å². The minimum atomic E-state index is -0.0925. The summed E-state index contributed by atoms with van der Waals surface area (Å²) in [6.45, 7) is 2.06. The van der Waals surface area contributed by atoms with Crippen molar-refractivity contribution in [1.82, 2.24) is 29.8 Å². The van der Waals surface area contributed by atoms with Crippen LogP contribution in [0.2, 0.25) is 5.02 Å². The van der Waals surface area contributed by atoms with Crippen LogP contribution in [0.1, 0.15) is 17.4 Å². The lowest BCUT2D eigenvalue weighted by molar-refractivity contribution is -0.133. The fourth-order valence-corrected chi connectivity index (χ4v) is 3.38. The minimum Gasteiger partial charge on any atom is -0.333 e. The molecule has 3 heterocycles. The Morgan fingerprint density at radius 1 is 1.31 bits per heavy atom. The number of carbonyl (C=O) groups is 1. The summed E-state index contributed by atoms with van der Waals surface area (Å²) in [6, 6.07) is 9.33. The van der Waals surface area contributed by atoms with Gasteiger partial charge in [-0.3, -0.25) is 4.79 Å². The van der Waals surface area contributed by atoms with Crippen LogP contribution < -0.4 is 5.32 Å². The largest absolute Gasteiger partial charge is 0.333 e. The average Bonchev–Trinajstić information content (AvgIpc) is 3.04. The molecule has 3 aromatic rings. The van der Waals surface area contributed by atoms with Gasteiger partial charge in [-0.15, -0.1) is 17.5 Å². The van der Waals surface area contributed by atoms with Gasteiger partial charge in [0, 0.05) is 37.1 Å². The first-order valence-corrected chi connectivity index (χ1v) is 8.51. The van der Waals surface area contributed by atoms with Gasteiger partial charge in [-0.05, 0) is 17.7 Å². The first-order chi connectivity index (χ1) is 12.2. The standard InChI is InChI=1S/C17H17ClN6O.ClH/c18-13-5-2-1-4-12(13)14-11-19-7-9-23(14)16(25)10-15-21-17-20-6-3-8-24(17)22-15;/h1-6,8,14,19H,7,9-11H2;1H. The number of aromatic nitrogens is 4. The normalized spacial score (nSPS) is 17.1. The molecule has 0 aliphatic carbocycles. The van der Waals surface area contributed by atoms with Gasteiger partial charge in [0.05, 0.1) is 12.5 Å². The molecule has 0 saturated carbocycles. The Morgan fingerprint density at radius 2 is 2.15 bits per heavy atom. The maximum Gasteiger partial charge on any atom is 0.252 e. The van der Waals surface area contributed by atoms with E-state index in [0.29, 0.717) is 29.7 Å². The lowest BCUT2D eigenvalue weighted by Crippen LogP contribution is -2.49. The molecule has 1 amide bonds. The molecule has 1 fully saturated rings. The third-order valence-corrected chi connectivity index (χ3v) is 4.64. The van der Waals surface area contributed by atoms with Gasteiger partial charge in [0.15, 0.2) is 5.82 Å². The van der Waals surface area contributed by atoms with Gasteiger partial charge in [-0.2, -0.15) is 4.98 Å². The van der Waals surface area contributed by atoms with E-state index < -0.39 is 0 Å². The second-order valence-corrected chi connectivity index (χ2v) is 6.30. The molecule has 0 spiro atoms. The van der Waals surface area contributed by atoms with Crippen molar-refractivity contribution in [3.63, 3.8) is 0 Å². The van der Waals surface area contributed by atoms with Crippen molar-refractivity contribution in [2.45, 2.75) is 12.5 Å². The molecule has 1 atom stereocenters. The first-order valence-electron chi connectivity index (χ1n) is 8.13. The Labute approximate surface area is 161 Å². The topological polar surface area (TPSA) is 75.4 Å². The molecule has 1 aliphatic rings. The molecular formula is C17H18Cl2N6O. The Bertz CT molecular complexity index is 882. The number of piperazine rings is 1. The summed E-state index contributed by atoms with van der Waals surface area (Å²) in [5.41, 5.74) is 0.953. The van der Waals surface area contributed by atoms with Gasteiger partial charge >= 0.3 is 0 Å². The highest BCUT2D eigenvalue weighted by molar-refractivity contribution is 6.31. The van der Waals surface area contributed by atoms with E-state index in [2.05, 4.69) is 20.4 Å². The monoisotopic (exact) mass is 392 g/mol. The van der Waals surface area contributed by atoms with Gasteiger partial charge in [0.2, 0.25) is 5.91 Å². The molecule has 136 valence electrons. The molecule has 0 bridgehead atoms. The van der Waals surface area contributed by atoms with Crippen LogP contribution in [0, 0.1) is 0 Å². The van der Waals surface area contributed by atoms with Crippen molar-refractivity contribution in [3.8, 4) is 0 Å². The lowest BCUT2D eigenvalue weighted by atomic mass is 10.0. The Morgan fingerprint density at radius 3 is 2.96 bits per heavy atom. The Kier molecular flexibility index (Phi) is 5.70. The second-order valence-electron chi connectivity index (χ2n) is 5.90. The fourth-order valence-electron chi connectivity index (χ4n) is 3.11. The SMILES string of the molecule is Cl.O=C(Cc1nc2ncccn2n1)N1CCNCC1c1ccccc1Cl. The summed E-state index contributed by atoms with van der Waals surface area (Å²) >= 11 is 6.34. The number of fused-ring (bicyclic) bond motifs is 1. The lowest BCUT2D eigenvalue weighted by Gasteiger charge is -2.36. The van der Waals surface area contributed by atoms with Gasteiger partial charge < -0.3 is 10.2 Å². The van der Waals surface area contributed by atoms with E-state index in [1.54, 1.807) is 23.0 Å². The third-order valence-electron chi connectivity index (χ3n) is 4.30. The zero-order valence-electron chi connectivity index (χ0n) is 13.9. The first kappa shape index (κ1) is 18.6. The number of hydrogen-bond donors (Lipinski definition) is 1. The van der Waals surface area contributed by atoms with Crippen LogP contribution in [-0.2, 0) is 11.2 Å². The van der Waals surface area contributed by atoms with Gasteiger partial charge in [0.1, 0.15) is 0 Å². The molecule has 7 nitrogen and oxygen atoms in total. The molecule has 1 aromatic carbocycles. The van der Waals surface area contributed by atoms with Crippen LogP contribution in [0.5, 0.6) is 0 Å². The summed E-state index contributed by atoms with van der Waals surface area (Å²) < 4.78 is 1.58. The van der Waals surface area contributed by atoms with E-state index in [-0.39, 0.29) is 30.8 Å².